The number of nitrogens with one attached hydrogen (secondary N) is 2. The number of hydrogen-bond acceptors (Lipinski definition) is 4. The Morgan fingerprint density at radius 3 is 2.24 bits per heavy atom. The summed E-state index contributed by atoms with van der Waals surface area (Å²) in [4.78, 5) is 29.4. The molecule has 0 aliphatic carbocycles. The Bertz CT molecular complexity index is 840. The number of rotatable bonds is 6. The molecule has 3 rings (SSSR count). The first-order valence-electron chi connectivity index (χ1n) is 10.3. The van der Waals surface area contributed by atoms with Gasteiger partial charge in [0.15, 0.2) is 0 Å². The lowest BCUT2D eigenvalue weighted by atomic mass is 10.1. The molecule has 2 N–H and O–H groups in total. The standard InChI is InChI=1S/C23H30N4O2/c1-4-24-22(28)19-6-5-7-20(16-19)25-23(29)18-8-10-21(11-9-18)27-14-12-26(13-15-27)17(2)3/h5-11,16-17H,4,12-15H2,1-3H3,(H,24,28)(H,25,29). The van der Waals surface area contributed by atoms with E-state index in [0.29, 0.717) is 29.4 Å². The Morgan fingerprint density at radius 1 is 0.931 bits per heavy atom. The maximum Gasteiger partial charge on any atom is 0.255 e. The molecule has 6 nitrogen and oxygen atoms in total. The smallest absolute Gasteiger partial charge is 0.255 e. The molecular weight excluding hydrogens is 364 g/mol. The van der Waals surface area contributed by atoms with Gasteiger partial charge < -0.3 is 15.5 Å². The van der Waals surface area contributed by atoms with Crippen LogP contribution < -0.4 is 15.5 Å². The van der Waals surface area contributed by atoms with E-state index in [2.05, 4.69) is 34.3 Å². The summed E-state index contributed by atoms with van der Waals surface area (Å²) >= 11 is 0. The van der Waals surface area contributed by atoms with Gasteiger partial charge in [-0.25, -0.2) is 0 Å². The topological polar surface area (TPSA) is 64.7 Å². The van der Waals surface area contributed by atoms with Crippen LogP contribution in [0.2, 0.25) is 0 Å². The summed E-state index contributed by atoms with van der Waals surface area (Å²) in [6, 6.07) is 15.3. The number of benzene rings is 2. The molecule has 0 saturated carbocycles. The molecule has 0 bridgehead atoms. The molecule has 2 amide bonds. The van der Waals surface area contributed by atoms with Crippen molar-refractivity contribution in [3.05, 3.63) is 59.7 Å². The van der Waals surface area contributed by atoms with Gasteiger partial charge in [0, 0.05) is 61.3 Å². The quantitative estimate of drug-likeness (QED) is 0.790. The van der Waals surface area contributed by atoms with E-state index in [1.54, 1.807) is 24.3 Å². The monoisotopic (exact) mass is 394 g/mol. The van der Waals surface area contributed by atoms with Crippen LogP contribution >= 0.6 is 0 Å². The van der Waals surface area contributed by atoms with Crippen LogP contribution in [0.25, 0.3) is 0 Å². The summed E-state index contributed by atoms with van der Waals surface area (Å²) in [5, 5.41) is 5.63. The van der Waals surface area contributed by atoms with Crippen LogP contribution in [0.15, 0.2) is 48.5 Å². The fraction of sp³-hybridized carbons (Fsp3) is 0.391. The molecule has 1 aliphatic heterocycles. The minimum atomic E-state index is -0.186. The highest BCUT2D eigenvalue weighted by Crippen LogP contribution is 2.19. The average molecular weight is 395 g/mol. The molecule has 0 aromatic heterocycles. The lowest BCUT2D eigenvalue weighted by Crippen LogP contribution is -2.48. The number of hydrogen-bond donors (Lipinski definition) is 2. The predicted octanol–water partition coefficient (Wildman–Crippen LogP) is 3.22. The maximum absolute atomic E-state index is 12.6. The van der Waals surface area contributed by atoms with E-state index in [9.17, 15) is 9.59 Å². The Hall–Kier alpha value is -2.86. The Kier molecular flexibility index (Phi) is 6.88. The van der Waals surface area contributed by atoms with E-state index in [4.69, 9.17) is 0 Å². The van der Waals surface area contributed by atoms with Crippen molar-refractivity contribution in [2.75, 3.05) is 42.9 Å². The van der Waals surface area contributed by atoms with E-state index in [0.717, 1.165) is 31.9 Å². The van der Waals surface area contributed by atoms with Crippen LogP contribution in [0.1, 0.15) is 41.5 Å². The molecule has 2 aromatic rings. The normalized spacial score (nSPS) is 14.7. The summed E-state index contributed by atoms with van der Waals surface area (Å²) in [6.07, 6.45) is 0. The largest absolute Gasteiger partial charge is 0.369 e. The van der Waals surface area contributed by atoms with Crippen molar-refractivity contribution in [2.45, 2.75) is 26.8 Å². The maximum atomic E-state index is 12.6. The second kappa shape index (κ2) is 9.56. The molecule has 0 unspecified atom stereocenters. The van der Waals surface area contributed by atoms with Gasteiger partial charge in [-0.05, 0) is 63.2 Å². The number of nitrogens with zero attached hydrogens (tertiary/aromatic N) is 2. The van der Waals surface area contributed by atoms with Crippen LogP contribution in [-0.2, 0) is 0 Å². The number of piperazine rings is 1. The van der Waals surface area contributed by atoms with Gasteiger partial charge in [0.2, 0.25) is 0 Å². The van der Waals surface area contributed by atoms with Gasteiger partial charge >= 0.3 is 0 Å². The SMILES string of the molecule is CCNC(=O)c1cccc(NC(=O)c2ccc(N3CCN(C(C)C)CC3)cc2)c1. The third kappa shape index (κ3) is 5.35. The Labute approximate surface area is 172 Å². The Balaban J connectivity index is 1.61. The lowest BCUT2D eigenvalue weighted by molar-refractivity contribution is 0.0954. The molecule has 1 saturated heterocycles. The average Bonchev–Trinajstić information content (AvgIpc) is 2.74. The first-order valence-corrected chi connectivity index (χ1v) is 10.3. The van der Waals surface area contributed by atoms with Crippen molar-refractivity contribution in [1.82, 2.24) is 10.2 Å². The summed E-state index contributed by atoms with van der Waals surface area (Å²) in [6.45, 7) is 11.0. The Morgan fingerprint density at radius 2 is 1.62 bits per heavy atom. The zero-order valence-corrected chi connectivity index (χ0v) is 17.4. The molecule has 0 spiro atoms. The predicted molar refractivity (Wildman–Crippen MR) is 118 cm³/mol. The summed E-state index contributed by atoms with van der Waals surface area (Å²) in [5.41, 5.74) is 2.87. The molecule has 1 fully saturated rings. The van der Waals surface area contributed by atoms with Crippen molar-refractivity contribution in [2.24, 2.45) is 0 Å². The van der Waals surface area contributed by atoms with Gasteiger partial charge in [-0.3, -0.25) is 14.5 Å². The summed E-state index contributed by atoms with van der Waals surface area (Å²) < 4.78 is 0. The molecule has 1 aliphatic rings. The van der Waals surface area contributed by atoms with E-state index in [1.165, 1.54) is 0 Å². The lowest BCUT2D eigenvalue weighted by Gasteiger charge is -2.38. The molecule has 1 heterocycles. The van der Waals surface area contributed by atoms with Crippen molar-refractivity contribution >= 4 is 23.2 Å². The van der Waals surface area contributed by atoms with E-state index < -0.39 is 0 Å². The fourth-order valence-corrected chi connectivity index (χ4v) is 3.52. The zero-order chi connectivity index (χ0) is 20.8. The first kappa shape index (κ1) is 20.9. The second-order valence-corrected chi connectivity index (χ2v) is 7.56. The van der Waals surface area contributed by atoms with E-state index in [1.807, 2.05) is 31.2 Å². The van der Waals surface area contributed by atoms with Crippen molar-refractivity contribution in [3.8, 4) is 0 Å². The molecule has 2 aromatic carbocycles. The van der Waals surface area contributed by atoms with Gasteiger partial charge in [-0.15, -0.1) is 0 Å². The fourth-order valence-electron chi connectivity index (χ4n) is 3.52. The number of amides is 2. The van der Waals surface area contributed by atoms with Gasteiger partial charge in [-0.2, -0.15) is 0 Å². The molecule has 29 heavy (non-hydrogen) atoms. The highest BCUT2D eigenvalue weighted by molar-refractivity contribution is 6.05. The minimum absolute atomic E-state index is 0.148. The van der Waals surface area contributed by atoms with Crippen LogP contribution in [-0.4, -0.2) is 55.5 Å². The molecule has 6 heteroatoms. The highest BCUT2D eigenvalue weighted by Gasteiger charge is 2.19. The minimum Gasteiger partial charge on any atom is -0.369 e. The van der Waals surface area contributed by atoms with Gasteiger partial charge in [-0.1, -0.05) is 6.07 Å². The molecule has 154 valence electrons. The third-order valence-electron chi connectivity index (χ3n) is 5.26. The number of anilines is 2. The van der Waals surface area contributed by atoms with Crippen LogP contribution in [0, 0.1) is 0 Å². The second-order valence-electron chi connectivity index (χ2n) is 7.56. The van der Waals surface area contributed by atoms with Crippen LogP contribution in [0.4, 0.5) is 11.4 Å². The molecular formula is C23H30N4O2. The third-order valence-corrected chi connectivity index (χ3v) is 5.26. The van der Waals surface area contributed by atoms with E-state index in [-0.39, 0.29) is 11.8 Å². The highest BCUT2D eigenvalue weighted by atomic mass is 16.2. The zero-order valence-electron chi connectivity index (χ0n) is 17.4. The van der Waals surface area contributed by atoms with E-state index >= 15 is 0 Å². The van der Waals surface area contributed by atoms with Gasteiger partial charge in [0.1, 0.15) is 0 Å². The first-order chi connectivity index (χ1) is 14.0. The number of carbonyl (C=O) groups is 2. The molecule has 0 radical (unpaired) electrons. The summed E-state index contributed by atoms with van der Waals surface area (Å²) in [5.74, 6) is -0.334. The summed E-state index contributed by atoms with van der Waals surface area (Å²) in [7, 11) is 0. The van der Waals surface area contributed by atoms with Crippen LogP contribution in [0.5, 0.6) is 0 Å². The molecule has 0 atom stereocenters. The number of carbonyl (C=O) groups excluding carboxylic acids is 2. The van der Waals surface area contributed by atoms with Gasteiger partial charge in [0.05, 0.1) is 0 Å². The van der Waals surface area contributed by atoms with Crippen molar-refractivity contribution in [1.29, 1.82) is 0 Å². The van der Waals surface area contributed by atoms with Crippen molar-refractivity contribution in [3.63, 3.8) is 0 Å². The van der Waals surface area contributed by atoms with Crippen molar-refractivity contribution < 1.29 is 9.59 Å². The van der Waals surface area contributed by atoms with Gasteiger partial charge in [0.25, 0.3) is 11.8 Å². The van der Waals surface area contributed by atoms with Crippen LogP contribution in [0.3, 0.4) is 0 Å².